The molecule has 3 aliphatic rings. The van der Waals surface area contributed by atoms with Crippen molar-refractivity contribution in [2.45, 2.75) is 71.3 Å². The van der Waals surface area contributed by atoms with Crippen molar-refractivity contribution in [2.75, 3.05) is 33.3 Å². The van der Waals surface area contributed by atoms with Gasteiger partial charge in [-0.05, 0) is 62.4 Å². The van der Waals surface area contributed by atoms with Crippen molar-refractivity contribution in [3.05, 3.63) is 0 Å². The summed E-state index contributed by atoms with van der Waals surface area (Å²) in [6.07, 6.45) is 10.5. The van der Waals surface area contributed by atoms with Crippen molar-refractivity contribution < 1.29 is 9.53 Å². The number of ether oxygens (including phenoxy) is 1. The largest absolute Gasteiger partial charge is 0.453 e. The molecule has 2 aliphatic heterocycles. The highest BCUT2D eigenvalue weighted by Crippen LogP contribution is 2.51. The topological polar surface area (TPSA) is 32.8 Å². The van der Waals surface area contributed by atoms with Gasteiger partial charge in [0.15, 0.2) is 0 Å². The predicted molar refractivity (Wildman–Crippen MR) is 97.0 cm³/mol. The molecule has 1 saturated carbocycles. The monoisotopic (exact) mass is 336 g/mol. The first kappa shape index (κ1) is 18.0. The van der Waals surface area contributed by atoms with E-state index >= 15 is 0 Å². The Bertz CT molecular complexity index is 425. The molecule has 0 aromatic heterocycles. The molecule has 1 unspecified atom stereocenters. The molecular formula is C20H36N2O2. The molecule has 2 heterocycles. The second kappa shape index (κ2) is 7.63. The normalized spacial score (nSPS) is 32.8. The van der Waals surface area contributed by atoms with E-state index in [0.717, 1.165) is 31.0 Å². The molecule has 24 heavy (non-hydrogen) atoms. The molecular weight excluding hydrogens is 300 g/mol. The summed E-state index contributed by atoms with van der Waals surface area (Å²) in [5.41, 5.74) is 0.407. The van der Waals surface area contributed by atoms with E-state index in [0.29, 0.717) is 5.41 Å². The van der Waals surface area contributed by atoms with E-state index < -0.39 is 0 Å². The number of rotatable bonds is 5. The van der Waals surface area contributed by atoms with Crippen LogP contribution in [0.4, 0.5) is 4.79 Å². The van der Waals surface area contributed by atoms with Crippen LogP contribution in [0, 0.1) is 17.3 Å². The van der Waals surface area contributed by atoms with Crippen molar-refractivity contribution >= 4 is 6.09 Å². The SMILES string of the molecule is CCCC(CC)C1CCN(C2CC3(CCN(C(=O)OC)C3)C2)CC1. The summed E-state index contributed by atoms with van der Waals surface area (Å²) in [5, 5.41) is 0. The third-order valence-electron chi connectivity index (χ3n) is 7.15. The molecule has 1 amide bonds. The van der Waals surface area contributed by atoms with Crippen LogP contribution in [0.1, 0.15) is 65.2 Å². The van der Waals surface area contributed by atoms with Crippen LogP contribution >= 0.6 is 0 Å². The van der Waals surface area contributed by atoms with Gasteiger partial charge in [0.1, 0.15) is 0 Å². The predicted octanol–water partition coefficient (Wildman–Crippen LogP) is 4.15. The van der Waals surface area contributed by atoms with Gasteiger partial charge in [-0.15, -0.1) is 0 Å². The molecule has 0 N–H and O–H groups in total. The molecule has 0 bridgehead atoms. The molecule has 1 atom stereocenters. The Kier molecular flexibility index (Phi) is 5.74. The molecule has 4 heteroatoms. The van der Waals surface area contributed by atoms with E-state index in [1.54, 1.807) is 0 Å². The summed E-state index contributed by atoms with van der Waals surface area (Å²) in [6.45, 7) is 9.09. The van der Waals surface area contributed by atoms with E-state index in [-0.39, 0.29) is 6.09 Å². The molecule has 2 saturated heterocycles. The summed E-state index contributed by atoms with van der Waals surface area (Å²) >= 11 is 0. The van der Waals surface area contributed by atoms with Gasteiger partial charge in [-0.25, -0.2) is 4.79 Å². The highest BCUT2D eigenvalue weighted by Gasteiger charge is 2.51. The minimum Gasteiger partial charge on any atom is -0.453 e. The first-order valence-corrected chi connectivity index (χ1v) is 10.2. The summed E-state index contributed by atoms with van der Waals surface area (Å²) in [7, 11) is 1.49. The zero-order chi connectivity index (χ0) is 17.2. The van der Waals surface area contributed by atoms with Crippen LogP contribution in [0.3, 0.4) is 0 Å². The van der Waals surface area contributed by atoms with E-state index in [4.69, 9.17) is 4.74 Å². The van der Waals surface area contributed by atoms with Gasteiger partial charge in [0.2, 0.25) is 0 Å². The fourth-order valence-corrected chi connectivity index (χ4v) is 5.65. The maximum atomic E-state index is 11.7. The average Bonchev–Trinajstić information content (AvgIpc) is 3.03. The number of nitrogens with zero attached hydrogens (tertiary/aromatic N) is 2. The van der Waals surface area contributed by atoms with Gasteiger partial charge in [-0.2, -0.15) is 0 Å². The lowest BCUT2D eigenvalue weighted by atomic mass is 9.64. The number of hydrogen-bond donors (Lipinski definition) is 0. The maximum absolute atomic E-state index is 11.7. The molecule has 0 aromatic carbocycles. The van der Waals surface area contributed by atoms with Gasteiger partial charge < -0.3 is 14.5 Å². The Morgan fingerprint density at radius 1 is 1.21 bits per heavy atom. The minimum absolute atomic E-state index is 0.141. The van der Waals surface area contributed by atoms with Gasteiger partial charge in [0.25, 0.3) is 0 Å². The number of amides is 1. The molecule has 138 valence electrons. The Hall–Kier alpha value is -0.770. The molecule has 0 aromatic rings. The van der Waals surface area contributed by atoms with Crippen molar-refractivity contribution in [1.82, 2.24) is 9.80 Å². The van der Waals surface area contributed by atoms with Crippen molar-refractivity contribution in [1.29, 1.82) is 0 Å². The Balaban J connectivity index is 1.43. The molecule has 3 fully saturated rings. The fourth-order valence-electron chi connectivity index (χ4n) is 5.65. The van der Waals surface area contributed by atoms with Gasteiger partial charge in [0.05, 0.1) is 7.11 Å². The van der Waals surface area contributed by atoms with Gasteiger partial charge in [-0.3, -0.25) is 0 Å². The van der Waals surface area contributed by atoms with Crippen LogP contribution in [0.15, 0.2) is 0 Å². The van der Waals surface area contributed by atoms with Crippen molar-refractivity contribution in [3.8, 4) is 0 Å². The number of methoxy groups -OCH3 is 1. The average molecular weight is 337 g/mol. The number of carbonyl (C=O) groups excluding carboxylic acids is 1. The van der Waals surface area contributed by atoms with E-state index in [9.17, 15) is 4.79 Å². The third kappa shape index (κ3) is 3.58. The fraction of sp³-hybridized carbons (Fsp3) is 0.950. The molecule has 0 radical (unpaired) electrons. The van der Waals surface area contributed by atoms with Crippen LogP contribution in [-0.2, 0) is 4.74 Å². The minimum atomic E-state index is -0.141. The Labute approximate surface area is 147 Å². The summed E-state index contributed by atoms with van der Waals surface area (Å²) < 4.78 is 4.88. The van der Waals surface area contributed by atoms with Crippen LogP contribution in [0.25, 0.3) is 0 Å². The molecule has 1 aliphatic carbocycles. The van der Waals surface area contributed by atoms with Gasteiger partial charge >= 0.3 is 6.09 Å². The molecule has 1 spiro atoms. The van der Waals surface area contributed by atoms with Crippen LogP contribution in [-0.4, -0.2) is 55.2 Å². The maximum Gasteiger partial charge on any atom is 0.409 e. The second-order valence-corrected chi connectivity index (χ2v) is 8.53. The van der Waals surface area contributed by atoms with Crippen LogP contribution in [0.5, 0.6) is 0 Å². The highest BCUT2D eigenvalue weighted by molar-refractivity contribution is 5.67. The highest BCUT2D eigenvalue weighted by atomic mass is 16.5. The van der Waals surface area contributed by atoms with Crippen LogP contribution < -0.4 is 0 Å². The number of piperidine rings is 1. The molecule has 3 rings (SSSR count). The van der Waals surface area contributed by atoms with E-state index in [1.807, 2.05) is 4.90 Å². The summed E-state index contributed by atoms with van der Waals surface area (Å²) in [6, 6.07) is 0.773. The number of likely N-dealkylation sites (tertiary alicyclic amines) is 2. The Morgan fingerprint density at radius 2 is 1.92 bits per heavy atom. The quantitative estimate of drug-likeness (QED) is 0.756. The lowest BCUT2D eigenvalue weighted by molar-refractivity contribution is -0.0142. The van der Waals surface area contributed by atoms with Gasteiger partial charge in [0, 0.05) is 19.1 Å². The standard InChI is InChI=1S/C20H36N2O2/c1-4-6-16(5-2)17-7-10-21(11-8-17)18-13-20(14-18)9-12-22(15-20)19(23)24-3/h16-18H,4-15H2,1-3H3. The first-order valence-electron chi connectivity index (χ1n) is 10.2. The zero-order valence-corrected chi connectivity index (χ0v) is 15.9. The van der Waals surface area contributed by atoms with Crippen LogP contribution in [0.2, 0.25) is 0 Å². The Morgan fingerprint density at radius 3 is 2.50 bits per heavy atom. The number of carbonyl (C=O) groups is 1. The lowest BCUT2D eigenvalue weighted by Crippen LogP contribution is -2.54. The zero-order valence-electron chi connectivity index (χ0n) is 15.9. The van der Waals surface area contributed by atoms with E-state index in [2.05, 4.69) is 18.7 Å². The summed E-state index contributed by atoms with van der Waals surface area (Å²) in [5.74, 6) is 1.91. The molecule has 4 nitrogen and oxygen atoms in total. The van der Waals surface area contributed by atoms with E-state index in [1.165, 1.54) is 71.6 Å². The van der Waals surface area contributed by atoms with Gasteiger partial charge in [-0.1, -0.05) is 33.1 Å². The third-order valence-corrected chi connectivity index (χ3v) is 7.15. The first-order chi connectivity index (χ1) is 11.6. The number of hydrogen-bond acceptors (Lipinski definition) is 3. The second-order valence-electron chi connectivity index (χ2n) is 8.53. The van der Waals surface area contributed by atoms with Crippen molar-refractivity contribution in [3.63, 3.8) is 0 Å². The lowest BCUT2D eigenvalue weighted by Gasteiger charge is -2.52. The van der Waals surface area contributed by atoms with Crippen molar-refractivity contribution in [2.24, 2.45) is 17.3 Å². The smallest absolute Gasteiger partial charge is 0.409 e. The summed E-state index contributed by atoms with van der Waals surface area (Å²) in [4.78, 5) is 16.4.